The minimum Gasteiger partial charge on any atom is -0.166 e. The molecule has 0 saturated carbocycles. The number of benzene rings is 3. The van der Waals surface area contributed by atoms with Crippen molar-refractivity contribution < 1.29 is 13.2 Å². The van der Waals surface area contributed by atoms with Crippen LogP contribution < -0.4 is 0 Å². The van der Waals surface area contributed by atoms with E-state index < -0.39 is 11.7 Å². The molecule has 0 atom stereocenters. The van der Waals surface area contributed by atoms with E-state index in [4.69, 9.17) is 0 Å². The molecule has 3 aromatic rings. The van der Waals surface area contributed by atoms with Crippen LogP contribution in [-0.4, -0.2) is 0 Å². The number of hydrogen-bond donors (Lipinski definition) is 0. The summed E-state index contributed by atoms with van der Waals surface area (Å²) >= 11 is 0. The Morgan fingerprint density at radius 1 is 0.767 bits per heavy atom. The number of alkyl halides is 3. The zero-order valence-electron chi connectivity index (χ0n) is 16.9. The molecule has 0 bridgehead atoms. The van der Waals surface area contributed by atoms with Gasteiger partial charge in [0.05, 0.1) is 5.56 Å². The third kappa shape index (κ3) is 4.44. The first-order chi connectivity index (χ1) is 14.4. The molecule has 0 fully saturated rings. The Hall–Kier alpha value is -2.99. The van der Waals surface area contributed by atoms with E-state index in [1.165, 1.54) is 52.8 Å². The van der Waals surface area contributed by atoms with Crippen LogP contribution in [0.4, 0.5) is 13.2 Å². The van der Waals surface area contributed by atoms with E-state index in [2.05, 4.69) is 49.1 Å². The summed E-state index contributed by atoms with van der Waals surface area (Å²) in [4.78, 5) is 0. The highest BCUT2D eigenvalue weighted by Gasteiger charge is 2.29. The lowest BCUT2D eigenvalue weighted by Gasteiger charge is -2.21. The molecule has 0 nitrogen and oxygen atoms in total. The maximum Gasteiger partial charge on any atom is 0.416 e. The van der Waals surface area contributed by atoms with Crippen molar-refractivity contribution in [1.29, 1.82) is 0 Å². The molecule has 0 aliphatic heterocycles. The fourth-order valence-corrected chi connectivity index (χ4v) is 3.95. The second-order valence-corrected chi connectivity index (χ2v) is 7.79. The molecule has 4 rings (SSSR count). The highest BCUT2D eigenvalue weighted by atomic mass is 19.4. The quantitative estimate of drug-likeness (QED) is 0.405. The Balaban J connectivity index is 1.55. The SMILES string of the molecule is CCCCc1ccc2c(c1)CCc1cc(C#Cc3ccc(C(F)(F)F)cc3)ccc1-2. The third-order valence-corrected chi connectivity index (χ3v) is 5.61. The number of unbranched alkanes of at least 4 members (excludes halogenated alkanes) is 1. The summed E-state index contributed by atoms with van der Waals surface area (Å²) in [6.45, 7) is 2.21. The molecule has 3 aromatic carbocycles. The molecule has 30 heavy (non-hydrogen) atoms. The minimum atomic E-state index is -4.32. The lowest BCUT2D eigenvalue weighted by molar-refractivity contribution is -0.137. The van der Waals surface area contributed by atoms with Crippen molar-refractivity contribution in [2.45, 2.75) is 45.2 Å². The zero-order chi connectivity index (χ0) is 21.1. The summed E-state index contributed by atoms with van der Waals surface area (Å²) in [6, 6.07) is 18.0. The van der Waals surface area contributed by atoms with Gasteiger partial charge in [-0.2, -0.15) is 13.2 Å². The largest absolute Gasteiger partial charge is 0.416 e. The smallest absolute Gasteiger partial charge is 0.166 e. The molecule has 0 spiro atoms. The standard InChI is InChI=1S/C27H23F3/c1-2-3-4-20-9-15-25-22(17-20)11-12-23-18-21(10-16-26(23)25)6-5-19-7-13-24(14-8-19)27(28,29)30/h7-10,13-18H,2-4,11-12H2,1H3. The van der Waals surface area contributed by atoms with Crippen LogP contribution in [0.5, 0.6) is 0 Å². The van der Waals surface area contributed by atoms with Gasteiger partial charge in [-0.1, -0.05) is 49.5 Å². The summed E-state index contributed by atoms with van der Waals surface area (Å²) in [5.74, 6) is 6.07. The second kappa shape index (κ2) is 8.40. The molecule has 0 heterocycles. The number of aryl methyl sites for hydroxylation is 3. The van der Waals surface area contributed by atoms with Gasteiger partial charge < -0.3 is 0 Å². The fraction of sp³-hybridized carbons (Fsp3) is 0.259. The Labute approximate surface area is 175 Å². The number of rotatable bonds is 3. The van der Waals surface area contributed by atoms with Crippen molar-refractivity contribution in [2.24, 2.45) is 0 Å². The van der Waals surface area contributed by atoms with Crippen molar-refractivity contribution in [3.05, 3.63) is 94.0 Å². The van der Waals surface area contributed by atoms with Gasteiger partial charge in [-0.15, -0.1) is 0 Å². The summed E-state index contributed by atoms with van der Waals surface area (Å²) in [5.41, 5.74) is 7.48. The molecule has 0 saturated heterocycles. The predicted octanol–water partition coefficient (Wildman–Crippen LogP) is 7.21. The summed E-state index contributed by atoms with van der Waals surface area (Å²) < 4.78 is 38.0. The van der Waals surface area contributed by atoms with Crippen LogP contribution in [0.15, 0.2) is 60.7 Å². The Kier molecular flexibility index (Phi) is 5.68. The zero-order valence-corrected chi connectivity index (χ0v) is 16.9. The fourth-order valence-electron chi connectivity index (χ4n) is 3.95. The summed E-state index contributed by atoms with van der Waals surface area (Å²) in [5, 5.41) is 0. The average Bonchev–Trinajstić information content (AvgIpc) is 2.75. The average molecular weight is 404 g/mol. The summed E-state index contributed by atoms with van der Waals surface area (Å²) in [6.07, 6.45) is 1.24. The van der Waals surface area contributed by atoms with Gasteiger partial charge in [-0.3, -0.25) is 0 Å². The van der Waals surface area contributed by atoms with E-state index in [0.717, 1.165) is 37.0 Å². The van der Waals surface area contributed by atoms with Crippen molar-refractivity contribution in [2.75, 3.05) is 0 Å². The van der Waals surface area contributed by atoms with Gasteiger partial charge in [0, 0.05) is 11.1 Å². The van der Waals surface area contributed by atoms with E-state index in [9.17, 15) is 13.2 Å². The van der Waals surface area contributed by atoms with Gasteiger partial charge in [-0.05, 0) is 89.9 Å². The van der Waals surface area contributed by atoms with Crippen LogP contribution in [-0.2, 0) is 25.4 Å². The van der Waals surface area contributed by atoms with Gasteiger partial charge in [-0.25, -0.2) is 0 Å². The second-order valence-electron chi connectivity index (χ2n) is 7.79. The molecule has 1 aliphatic carbocycles. The van der Waals surface area contributed by atoms with Crippen LogP contribution >= 0.6 is 0 Å². The molecule has 0 N–H and O–H groups in total. The first-order valence-electron chi connectivity index (χ1n) is 10.4. The van der Waals surface area contributed by atoms with Crippen molar-refractivity contribution in [3.8, 4) is 23.0 Å². The number of fused-ring (bicyclic) bond motifs is 3. The molecule has 3 heteroatoms. The van der Waals surface area contributed by atoms with Crippen LogP contribution in [0.25, 0.3) is 11.1 Å². The molecule has 1 aliphatic rings. The van der Waals surface area contributed by atoms with Crippen LogP contribution in [0, 0.1) is 11.8 Å². The Morgan fingerprint density at radius 2 is 1.37 bits per heavy atom. The topological polar surface area (TPSA) is 0 Å². The maximum atomic E-state index is 12.7. The molecule has 0 aromatic heterocycles. The van der Waals surface area contributed by atoms with E-state index in [0.29, 0.717) is 5.56 Å². The molecular formula is C27H23F3. The lowest BCUT2D eigenvalue weighted by Crippen LogP contribution is -2.05. The van der Waals surface area contributed by atoms with Crippen LogP contribution in [0.3, 0.4) is 0 Å². The molecule has 152 valence electrons. The third-order valence-electron chi connectivity index (χ3n) is 5.61. The normalized spacial score (nSPS) is 12.5. The van der Waals surface area contributed by atoms with Crippen molar-refractivity contribution in [1.82, 2.24) is 0 Å². The molecule has 0 radical (unpaired) electrons. The highest BCUT2D eigenvalue weighted by Crippen LogP contribution is 2.35. The maximum absolute atomic E-state index is 12.7. The van der Waals surface area contributed by atoms with Gasteiger partial charge in [0.1, 0.15) is 0 Å². The molecule has 0 amide bonds. The first kappa shape index (κ1) is 20.3. The van der Waals surface area contributed by atoms with Crippen molar-refractivity contribution in [3.63, 3.8) is 0 Å². The van der Waals surface area contributed by atoms with Crippen molar-refractivity contribution >= 4 is 0 Å². The number of halogens is 3. The minimum absolute atomic E-state index is 0.575. The summed E-state index contributed by atoms with van der Waals surface area (Å²) in [7, 11) is 0. The predicted molar refractivity (Wildman–Crippen MR) is 115 cm³/mol. The van der Waals surface area contributed by atoms with E-state index in [-0.39, 0.29) is 0 Å². The van der Waals surface area contributed by atoms with E-state index in [1.54, 1.807) is 0 Å². The van der Waals surface area contributed by atoms with Crippen LogP contribution in [0.2, 0.25) is 0 Å². The van der Waals surface area contributed by atoms with Gasteiger partial charge >= 0.3 is 6.18 Å². The Morgan fingerprint density at radius 3 is 2.03 bits per heavy atom. The van der Waals surface area contributed by atoms with Gasteiger partial charge in [0.15, 0.2) is 0 Å². The lowest BCUT2D eigenvalue weighted by atomic mass is 9.83. The monoisotopic (exact) mass is 404 g/mol. The highest BCUT2D eigenvalue weighted by molar-refractivity contribution is 5.74. The van der Waals surface area contributed by atoms with E-state index in [1.807, 2.05) is 6.07 Å². The van der Waals surface area contributed by atoms with E-state index >= 15 is 0 Å². The van der Waals surface area contributed by atoms with Gasteiger partial charge in [0.2, 0.25) is 0 Å². The first-order valence-corrected chi connectivity index (χ1v) is 10.4. The molecular weight excluding hydrogens is 381 g/mol. The molecule has 0 unspecified atom stereocenters. The van der Waals surface area contributed by atoms with Gasteiger partial charge in [0.25, 0.3) is 0 Å². The van der Waals surface area contributed by atoms with Crippen LogP contribution in [0.1, 0.15) is 53.1 Å². The Bertz CT molecular complexity index is 1110. The number of hydrogen-bond acceptors (Lipinski definition) is 0.